The maximum atomic E-state index is 13.7. The number of aryl methyl sites for hydroxylation is 2. The van der Waals surface area contributed by atoms with E-state index in [4.69, 9.17) is 0 Å². The second-order valence-corrected chi connectivity index (χ2v) is 7.04. The predicted octanol–water partition coefficient (Wildman–Crippen LogP) is 0.413. The molecule has 1 N–H and O–H groups in total. The van der Waals surface area contributed by atoms with E-state index < -0.39 is 11.4 Å². The molecule has 26 heavy (non-hydrogen) atoms. The number of rotatable bonds is 3. The number of nitrogens with zero attached hydrogens (tertiary/aromatic N) is 5. The lowest BCUT2D eigenvalue weighted by molar-refractivity contribution is 0.0782. The zero-order valence-corrected chi connectivity index (χ0v) is 14.8. The second-order valence-electron chi connectivity index (χ2n) is 7.04. The highest BCUT2D eigenvalue weighted by atomic mass is 19.1. The zero-order chi connectivity index (χ0) is 18.4. The number of anilines is 1. The fourth-order valence-electron chi connectivity index (χ4n) is 3.92. The van der Waals surface area contributed by atoms with E-state index in [0.29, 0.717) is 55.9 Å². The minimum absolute atomic E-state index is 0.000586. The quantitative estimate of drug-likeness (QED) is 0.857. The fraction of sp³-hybridized carbons (Fsp3) is 0.529. The van der Waals surface area contributed by atoms with Crippen molar-refractivity contribution in [2.45, 2.75) is 13.3 Å². The van der Waals surface area contributed by atoms with E-state index >= 15 is 0 Å². The number of aromatic amines is 1. The topological polar surface area (TPSA) is 87.1 Å². The number of carbonyl (C=O) groups excluding carboxylic acids is 1. The highest BCUT2D eigenvalue weighted by Crippen LogP contribution is 2.33. The number of hydrogen-bond acceptors (Lipinski definition) is 5. The average molecular weight is 360 g/mol. The Balaban J connectivity index is 1.46. The number of hydrogen-bond donors (Lipinski definition) is 1. The molecule has 9 heteroatoms. The molecule has 2 aromatic rings. The minimum Gasteiger partial charge on any atom is -0.342 e. The summed E-state index contributed by atoms with van der Waals surface area (Å²) < 4.78 is 15.3. The van der Waals surface area contributed by atoms with Gasteiger partial charge in [0.1, 0.15) is 0 Å². The second kappa shape index (κ2) is 6.22. The maximum absolute atomic E-state index is 13.7. The van der Waals surface area contributed by atoms with Crippen LogP contribution in [-0.2, 0) is 13.5 Å². The first-order valence-corrected chi connectivity index (χ1v) is 8.77. The van der Waals surface area contributed by atoms with Gasteiger partial charge in [-0.05, 0) is 6.42 Å². The minimum atomic E-state index is -0.802. The summed E-state index contributed by atoms with van der Waals surface area (Å²) >= 11 is 0. The van der Waals surface area contributed by atoms with Gasteiger partial charge in [0.15, 0.2) is 0 Å². The first-order valence-electron chi connectivity index (χ1n) is 8.77. The Bertz CT molecular complexity index is 893. The van der Waals surface area contributed by atoms with Crippen LogP contribution in [0.1, 0.15) is 23.0 Å². The van der Waals surface area contributed by atoms with Gasteiger partial charge in [0, 0.05) is 51.3 Å². The molecule has 138 valence electrons. The van der Waals surface area contributed by atoms with E-state index in [-0.39, 0.29) is 11.6 Å². The molecule has 0 aromatic carbocycles. The van der Waals surface area contributed by atoms with Gasteiger partial charge < -0.3 is 9.80 Å². The first-order chi connectivity index (χ1) is 12.5. The van der Waals surface area contributed by atoms with E-state index in [2.05, 4.69) is 15.1 Å². The molecular weight excluding hydrogens is 339 g/mol. The van der Waals surface area contributed by atoms with Crippen molar-refractivity contribution in [3.05, 3.63) is 39.8 Å². The molecule has 2 aromatic heterocycles. The van der Waals surface area contributed by atoms with E-state index in [0.717, 1.165) is 0 Å². The van der Waals surface area contributed by atoms with Gasteiger partial charge in [0.05, 0.1) is 17.5 Å². The molecule has 0 spiro atoms. The molecule has 4 rings (SSSR count). The molecular formula is C17H21FN6O2. The van der Waals surface area contributed by atoms with E-state index in [1.807, 2.05) is 9.80 Å². The Hall–Kier alpha value is -2.71. The molecule has 0 aliphatic carbocycles. The molecule has 0 bridgehead atoms. The number of likely N-dealkylation sites (tertiary alicyclic amines) is 1. The molecule has 1 amide bonds. The zero-order valence-electron chi connectivity index (χ0n) is 14.8. The van der Waals surface area contributed by atoms with Gasteiger partial charge >= 0.3 is 0 Å². The van der Waals surface area contributed by atoms with Crippen LogP contribution < -0.4 is 10.5 Å². The van der Waals surface area contributed by atoms with E-state index in [1.165, 1.54) is 0 Å². The molecule has 2 saturated heterocycles. The number of carbonyl (C=O) groups is 1. The average Bonchev–Trinajstić information content (AvgIpc) is 3.30. The van der Waals surface area contributed by atoms with Gasteiger partial charge in [-0.25, -0.2) is 4.98 Å². The summed E-state index contributed by atoms with van der Waals surface area (Å²) in [6, 6.07) is 0. The normalized spacial score (nSPS) is 22.1. The van der Waals surface area contributed by atoms with Crippen LogP contribution in [0.15, 0.2) is 17.2 Å². The number of amides is 1. The summed E-state index contributed by atoms with van der Waals surface area (Å²) in [7, 11) is 1.79. The highest BCUT2D eigenvalue weighted by molar-refractivity contribution is 5.94. The van der Waals surface area contributed by atoms with Crippen molar-refractivity contribution in [3.8, 4) is 0 Å². The third-order valence-corrected chi connectivity index (χ3v) is 5.28. The standard InChI is InChI=1S/C17H21FN6O2/c1-3-13-14(18)15(25)21-17(20-13)24-8-11-6-23(7-12(11)9-24)16(26)10-4-19-22(2)5-10/h4-5,11-12H,3,6-9H2,1-2H3,(H,20,21,25). The predicted molar refractivity (Wildman–Crippen MR) is 92.5 cm³/mol. The van der Waals surface area contributed by atoms with Crippen LogP contribution in [0.25, 0.3) is 0 Å². The lowest BCUT2D eigenvalue weighted by atomic mass is 10.0. The Kier molecular flexibility index (Phi) is 4.01. The Labute approximate surface area is 149 Å². The Morgan fingerprint density at radius 3 is 2.58 bits per heavy atom. The summed E-state index contributed by atoms with van der Waals surface area (Å²) in [5, 5.41) is 4.05. The van der Waals surface area contributed by atoms with Gasteiger partial charge in [-0.15, -0.1) is 0 Å². The number of aromatic nitrogens is 4. The number of H-pyrrole nitrogens is 1. The van der Waals surface area contributed by atoms with Crippen LogP contribution in [0.5, 0.6) is 0 Å². The SMILES string of the molecule is CCc1nc(N2CC3CN(C(=O)c4cnn(C)c4)CC3C2)[nH]c(=O)c1F. The monoisotopic (exact) mass is 360 g/mol. The van der Waals surface area contributed by atoms with Crippen molar-refractivity contribution >= 4 is 11.9 Å². The Morgan fingerprint density at radius 2 is 2.00 bits per heavy atom. The van der Waals surface area contributed by atoms with Crippen molar-refractivity contribution in [1.29, 1.82) is 0 Å². The molecule has 2 aliphatic heterocycles. The highest BCUT2D eigenvalue weighted by Gasteiger charge is 2.42. The lowest BCUT2D eigenvalue weighted by Crippen LogP contribution is -2.34. The van der Waals surface area contributed by atoms with Crippen molar-refractivity contribution in [2.24, 2.45) is 18.9 Å². The first kappa shape index (κ1) is 16.7. The third-order valence-electron chi connectivity index (χ3n) is 5.28. The molecule has 2 unspecified atom stereocenters. The van der Waals surface area contributed by atoms with Crippen LogP contribution >= 0.6 is 0 Å². The lowest BCUT2D eigenvalue weighted by Gasteiger charge is -2.22. The van der Waals surface area contributed by atoms with Crippen LogP contribution in [0.2, 0.25) is 0 Å². The molecule has 2 fully saturated rings. The molecule has 0 radical (unpaired) electrons. The maximum Gasteiger partial charge on any atom is 0.288 e. The molecule has 4 heterocycles. The van der Waals surface area contributed by atoms with Crippen molar-refractivity contribution < 1.29 is 9.18 Å². The van der Waals surface area contributed by atoms with Crippen molar-refractivity contribution in [2.75, 3.05) is 31.1 Å². The van der Waals surface area contributed by atoms with Crippen LogP contribution in [0.4, 0.5) is 10.3 Å². The van der Waals surface area contributed by atoms with Gasteiger partial charge in [0.25, 0.3) is 11.5 Å². The largest absolute Gasteiger partial charge is 0.342 e. The number of halogens is 1. The van der Waals surface area contributed by atoms with E-state index in [9.17, 15) is 14.0 Å². The van der Waals surface area contributed by atoms with E-state index in [1.54, 1.807) is 31.0 Å². The summed E-state index contributed by atoms with van der Waals surface area (Å²) in [6.07, 6.45) is 3.68. The third kappa shape index (κ3) is 2.77. The summed E-state index contributed by atoms with van der Waals surface area (Å²) in [5.41, 5.74) is 0.0629. The fourth-order valence-corrected chi connectivity index (χ4v) is 3.92. The molecule has 2 aliphatic rings. The summed E-state index contributed by atoms with van der Waals surface area (Å²) in [4.78, 5) is 35.0. The van der Waals surface area contributed by atoms with Gasteiger partial charge in [0.2, 0.25) is 11.8 Å². The number of nitrogens with one attached hydrogen (secondary N) is 1. The van der Waals surface area contributed by atoms with Crippen LogP contribution in [0, 0.1) is 17.7 Å². The smallest absolute Gasteiger partial charge is 0.288 e. The van der Waals surface area contributed by atoms with Gasteiger partial charge in [-0.3, -0.25) is 19.3 Å². The van der Waals surface area contributed by atoms with Crippen molar-refractivity contribution in [1.82, 2.24) is 24.6 Å². The summed E-state index contributed by atoms with van der Waals surface area (Å²) in [6.45, 7) is 4.50. The Morgan fingerprint density at radius 1 is 1.31 bits per heavy atom. The molecule has 2 atom stereocenters. The van der Waals surface area contributed by atoms with Crippen LogP contribution in [0.3, 0.4) is 0 Å². The number of fused-ring (bicyclic) bond motifs is 1. The van der Waals surface area contributed by atoms with Gasteiger partial charge in [-0.2, -0.15) is 9.49 Å². The summed E-state index contributed by atoms with van der Waals surface area (Å²) in [5.74, 6) is 0.254. The van der Waals surface area contributed by atoms with Gasteiger partial charge in [-0.1, -0.05) is 6.92 Å². The van der Waals surface area contributed by atoms with Crippen molar-refractivity contribution in [3.63, 3.8) is 0 Å². The molecule has 8 nitrogen and oxygen atoms in total. The molecule has 0 saturated carbocycles. The van der Waals surface area contributed by atoms with Crippen LogP contribution in [-0.4, -0.2) is 56.7 Å².